The number of hydrogen-bond donors (Lipinski definition) is 3. The second kappa shape index (κ2) is 35.4. The smallest absolute Gasteiger partial charge is 0.303 e. The zero-order valence-corrected chi connectivity index (χ0v) is 25.2. The van der Waals surface area contributed by atoms with Gasteiger partial charge in [-0.1, -0.05) is 149 Å². The topological polar surface area (TPSA) is 81.0 Å². The number of aliphatic carboxylic acids is 1. The molecule has 3 N–H and O–H groups in total. The molecule has 0 unspecified atom stereocenters. The summed E-state index contributed by atoms with van der Waals surface area (Å²) < 4.78 is 0. The fourth-order valence-electron chi connectivity index (χ4n) is 4.74. The molecule has 0 aromatic carbocycles. The Morgan fingerprint density at radius 2 is 0.757 bits per heavy atom. The first kappa shape index (κ1) is 38.5. The maximum Gasteiger partial charge on any atom is 0.303 e. The Hall–Kier alpha value is -0.650. The summed E-state index contributed by atoms with van der Waals surface area (Å²) in [7, 11) is 0. The molecular formula is C32H67NO4. The largest absolute Gasteiger partial charge is 0.481 e. The predicted molar refractivity (Wildman–Crippen MR) is 160 cm³/mol. The first-order valence-corrected chi connectivity index (χ1v) is 16.3. The van der Waals surface area contributed by atoms with Crippen LogP contribution in [0.25, 0.3) is 0 Å². The van der Waals surface area contributed by atoms with Crippen LogP contribution in [0.2, 0.25) is 0 Å². The van der Waals surface area contributed by atoms with Crippen LogP contribution < -0.4 is 0 Å². The van der Waals surface area contributed by atoms with Gasteiger partial charge in [-0.2, -0.15) is 0 Å². The zero-order valence-electron chi connectivity index (χ0n) is 25.2. The number of carbonyl (C=O) groups is 1. The summed E-state index contributed by atoms with van der Waals surface area (Å²) in [4.78, 5) is 12.4. The zero-order chi connectivity index (χ0) is 27.7. The van der Waals surface area contributed by atoms with E-state index >= 15 is 0 Å². The summed E-state index contributed by atoms with van der Waals surface area (Å²) in [6.45, 7) is 7.30. The molecule has 0 spiro atoms. The second-order valence-electron chi connectivity index (χ2n) is 10.9. The summed E-state index contributed by atoms with van der Waals surface area (Å²) in [6.07, 6.45) is 30.8. The third kappa shape index (κ3) is 37.6. The number of aliphatic hydroxyl groups excluding tert-OH is 2. The number of hydrogen-bond acceptors (Lipinski definition) is 4. The lowest BCUT2D eigenvalue weighted by atomic mass is 10.0. The Kier molecular flexibility index (Phi) is 36.8. The number of rotatable bonds is 29. The predicted octanol–water partition coefficient (Wildman–Crippen LogP) is 8.75. The fourth-order valence-corrected chi connectivity index (χ4v) is 4.74. The van der Waals surface area contributed by atoms with Crippen molar-refractivity contribution >= 4 is 5.97 Å². The monoisotopic (exact) mass is 530 g/mol. The van der Waals surface area contributed by atoms with Crippen LogP contribution in [0.1, 0.15) is 168 Å². The van der Waals surface area contributed by atoms with E-state index < -0.39 is 5.97 Å². The van der Waals surface area contributed by atoms with E-state index in [2.05, 4.69) is 18.7 Å². The summed E-state index contributed by atoms with van der Waals surface area (Å²) in [5, 5.41) is 26.3. The molecule has 0 radical (unpaired) electrons. The minimum atomic E-state index is -0.655. The van der Waals surface area contributed by atoms with E-state index in [1.165, 1.54) is 135 Å². The van der Waals surface area contributed by atoms with Gasteiger partial charge in [-0.25, -0.2) is 0 Å². The molecule has 0 rings (SSSR count). The lowest BCUT2D eigenvalue weighted by molar-refractivity contribution is -0.137. The van der Waals surface area contributed by atoms with Crippen LogP contribution in [-0.4, -0.2) is 59.0 Å². The van der Waals surface area contributed by atoms with Crippen molar-refractivity contribution in [2.24, 2.45) is 0 Å². The second-order valence-corrected chi connectivity index (χ2v) is 10.9. The summed E-state index contributed by atoms with van der Waals surface area (Å²) in [6, 6.07) is 0. The highest BCUT2D eigenvalue weighted by Gasteiger charge is 2.02. The maximum absolute atomic E-state index is 10.3. The van der Waals surface area contributed by atoms with Crippen molar-refractivity contribution in [1.82, 2.24) is 4.90 Å². The van der Waals surface area contributed by atoms with Crippen molar-refractivity contribution in [2.45, 2.75) is 168 Å². The van der Waals surface area contributed by atoms with Gasteiger partial charge >= 0.3 is 5.97 Å². The Bertz CT molecular complexity index is 414. The molecule has 0 aliphatic rings. The van der Waals surface area contributed by atoms with E-state index in [4.69, 9.17) is 15.3 Å². The summed E-state index contributed by atoms with van der Waals surface area (Å²) >= 11 is 0. The fraction of sp³-hybridized carbons (Fsp3) is 0.969. The highest BCUT2D eigenvalue weighted by molar-refractivity contribution is 5.66. The highest BCUT2D eigenvalue weighted by atomic mass is 16.4. The number of carboxylic acids is 1. The lowest BCUT2D eigenvalue weighted by Crippen LogP contribution is -2.30. The van der Waals surface area contributed by atoms with Crippen molar-refractivity contribution in [3.05, 3.63) is 0 Å². The van der Waals surface area contributed by atoms with Crippen molar-refractivity contribution < 1.29 is 20.1 Å². The third-order valence-corrected chi connectivity index (χ3v) is 7.15. The molecule has 0 amide bonds. The molecular weight excluding hydrogens is 462 g/mol. The molecule has 5 heteroatoms. The molecule has 0 aromatic rings. The Morgan fingerprint density at radius 1 is 0.459 bits per heavy atom. The van der Waals surface area contributed by atoms with Crippen LogP contribution in [0, 0.1) is 0 Å². The average molecular weight is 530 g/mol. The molecule has 37 heavy (non-hydrogen) atoms. The number of carboxylic acid groups (broad SMARTS) is 1. The van der Waals surface area contributed by atoms with Gasteiger partial charge in [0.2, 0.25) is 0 Å². The molecule has 0 atom stereocenters. The first-order chi connectivity index (χ1) is 18.1. The van der Waals surface area contributed by atoms with E-state index in [0.29, 0.717) is 19.5 Å². The van der Waals surface area contributed by atoms with Crippen molar-refractivity contribution in [1.29, 1.82) is 0 Å². The molecule has 0 fully saturated rings. The Labute approximate surface area is 231 Å². The van der Waals surface area contributed by atoms with Crippen LogP contribution in [0.5, 0.6) is 0 Å². The van der Waals surface area contributed by atoms with Gasteiger partial charge in [0, 0.05) is 19.5 Å². The van der Waals surface area contributed by atoms with E-state index in [0.717, 1.165) is 19.4 Å². The van der Waals surface area contributed by atoms with Crippen LogP contribution >= 0.6 is 0 Å². The third-order valence-electron chi connectivity index (χ3n) is 7.15. The molecule has 0 aromatic heterocycles. The van der Waals surface area contributed by atoms with Crippen molar-refractivity contribution in [3.8, 4) is 0 Å². The van der Waals surface area contributed by atoms with E-state index in [1.807, 2.05) is 0 Å². The van der Waals surface area contributed by atoms with Gasteiger partial charge in [-0.05, 0) is 19.4 Å². The molecule has 0 aliphatic heterocycles. The van der Waals surface area contributed by atoms with Crippen LogP contribution in [0.15, 0.2) is 0 Å². The molecule has 0 saturated heterocycles. The van der Waals surface area contributed by atoms with E-state index in [9.17, 15) is 4.79 Å². The van der Waals surface area contributed by atoms with E-state index in [-0.39, 0.29) is 13.2 Å². The van der Waals surface area contributed by atoms with Gasteiger partial charge in [0.05, 0.1) is 13.2 Å². The quantitative estimate of drug-likeness (QED) is 0.0844. The number of unbranched alkanes of at least 4 members (excludes halogenated alkanes) is 21. The van der Waals surface area contributed by atoms with Gasteiger partial charge in [-0.15, -0.1) is 0 Å². The Balaban J connectivity index is 0. The van der Waals surface area contributed by atoms with E-state index in [1.54, 1.807) is 0 Å². The SMILES string of the molecule is CCCCCCCCCCCCCCCC(=O)O.CCCCCCCCCCCCN(CCO)CCO. The van der Waals surface area contributed by atoms with Gasteiger partial charge in [-0.3, -0.25) is 9.69 Å². The van der Waals surface area contributed by atoms with Crippen LogP contribution in [0.3, 0.4) is 0 Å². The molecule has 224 valence electrons. The molecule has 0 bridgehead atoms. The average Bonchev–Trinajstić information content (AvgIpc) is 2.88. The molecule has 0 aliphatic carbocycles. The molecule has 0 saturated carbocycles. The summed E-state index contributed by atoms with van der Waals surface area (Å²) in [5.74, 6) is -0.655. The minimum absolute atomic E-state index is 0.192. The normalized spacial score (nSPS) is 11.1. The summed E-state index contributed by atoms with van der Waals surface area (Å²) in [5.41, 5.74) is 0. The van der Waals surface area contributed by atoms with Gasteiger partial charge < -0.3 is 15.3 Å². The van der Waals surface area contributed by atoms with Crippen molar-refractivity contribution in [2.75, 3.05) is 32.8 Å². The highest BCUT2D eigenvalue weighted by Crippen LogP contribution is 2.13. The molecule has 0 heterocycles. The van der Waals surface area contributed by atoms with Gasteiger partial charge in [0.15, 0.2) is 0 Å². The maximum atomic E-state index is 10.3. The van der Waals surface area contributed by atoms with Crippen LogP contribution in [-0.2, 0) is 4.79 Å². The molecule has 5 nitrogen and oxygen atoms in total. The first-order valence-electron chi connectivity index (χ1n) is 16.3. The van der Waals surface area contributed by atoms with Crippen LogP contribution in [0.4, 0.5) is 0 Å². The van der Waals surface area contributed by atoms with Gasteiger partial charge in [0.25, 0.3) is 0 Å². The Morgan fingerprint density at radius 3 is 1.05 bits per heavy atom. The lowest BCUT2D eigenvalue weighted by Gasteiger charge is -2.19. The van der Waals surface area contributed by atoms with Gasteiger partial charge in [0.1, 0.15) is 0 Å². The minimum Gasteiger partial charge on any atom is -0.481 e. The standard InChI is InChI=1S/C16H35NO2.C16H32O2/c1-2-3-4-5-6-7-8-9-10-11-12-17(13-15-18)14-16-19;1-2-3-4-5-6-7-8-9-10-11-12-13-14-15-16(17)18/h18-19H,2-16H2,1H3;2-15H2,1H3,(H,17,18). The number of aliphatic hydroxyl groups is 2. The van der Waals surface area contributed by atoms with Crippen molar-refractivity contribution in [3.63, 3.8) is 0 Å². The number of nitrogens with zero attached hydrogens (tertiary/aromatic N) is 1.